The Balaban J connectivity index is 1.96. The molecule has 1 aliphatic heterocycles. The molecule has 2 aromatic carbocycles. The molecule has 0 saturated carbocycles. The number of anilines is 1. The van der Waals surface area contributed by atoms with Gasteiger partial charge in [0.05, 0.1) is 5.69 Å². The first kappa shape index (κ1) is 17.0. The summed E-state index contributed by atoms with van der Waals surface area (Å²) in [5.74, 6) is -0.369. The largest absolute Gasteiger partial charge is 0.434 e. The van der Waals surface area contributed by atoms with Crippen molar-refractivity contribution < 1.29 is 18.3 Å². The molecule has 0 unspecified atom stereocenters. The van der Waals surface area contributed by atoms with Gasteiger partial charge in [0.2, 0.25) is 0 Å². The van der Waals surface area contributed by atoms with E-state index >= 15 is 0 Å². The second-order valence-electron chi connectivity index (χ2n) is 5.33. The summed E-state index contributed by atoms with van der Waals surface area (Å²) in [4.78, 5) is 14.1. The molecule has 25 heavy (non-hydrogen) atoms. The molecule has 1 amide bonds. The molecule has 3 rings (SSSR count). The molecule has 2 aromatic rings. The molecule has 0 atom stereocenters. The highest BCUT2D eigenvalue weighted by molar-refractivity contribution is 7.80. The Morgan fingerprint density at radius 2 is 1.84 bits per heavy atom. The van der Waals surface area contributed by atoms with Crippen LogP contribution in [0.1, 0.15) is 11.1 Å². The lowest BCUT2D eigenvalue weighted by molar-refractivity contribution is -0.113. The number of para-hydroxylation sites is 2. The maximum atomic E-state index is 12.7. The van der Waals surface area contributed by atoms with Crippen LogP contribution in [0.25, 0.3) is 6.08 Å². The predicted octanol–water partition coefficient (Wildman–Crippen LogP) is 3.86. The third kappa shape index (κ3) is 3.51. The van der Waals surface area contributed by atoms with Crippen LogP contribution in [-0.2, 0) is 4.79 Å². The second-order valence-corrected chi connectivity index (χ2v) is 5.72. The summed E-state index contributed by atoms with van der Waals surface area (Å²) >= 11 is 5.26. The van der Waals surface area contributed by atoms with Crippen LogP contribution < -0.4 is 15.0 Å². The van der Waals surface area contributed by atoms with Gasteiger partial charge in [-0.3, -0.25) is 9.69 Å². The number of aryl methyl sites for hydroxylation is 1. The molecular weight excluding hydrogens is 346 g/mol. The smallest absolute Gasteiger partial charge is 0.387 e. The van der Waals surface area contributed by atoms with Crippen molar-refractivity contribution in [3.63, 3.8) is 0 Å². The number of carbonyl (C=O) groups excluding carboxylic acids is 1. The third-order valence-corrected chi connectivity index (χ3v) is 3.95. The molecule has 128 valence electrons. The summed E-state index contributed by atoms with van der Waals surface area (Å²) < 4.78 is 29.5. The van der Waals surface area contributed by atoms with Gasteiger partial charge in [-0.2, -0.15) is 8.78 Å². The fourth-order valence-electron chi connectivity index (χ4n) is 2.53. The normalized spacial score (nSPS) is 15.8. The van der Waals surface area contributed by atoms with E-state index in [4.69, 9.17) is 12.2 Å². The lowest BCUT2D eigenvalue weighted by atomic mass is 10.1. The van der Waals surface area contributed by atoms with E-state index in [-0.39, 0.29) is 22.5 Å². The minimum Gasteiger partial charge on any atom is -0.434 e. The first-order chi connectivity index (χ1) is 12.0. The summed E-state index contributed by atoms with van der Waals surface area (Å²) in [6, 6.07) is 13.6. The number of halogens is 2. The maximum Gasteiger partial charge on any atom is 0.387 e. The van der Waals surface area contributed by atoms with Crippen LogP contribution in [0, 0.1) is 6.92 Å². The maximum absolute atomic E-state index is 12.7. The molecule has 1 fully saturated rings. The molecule has 1 N–H and O–H groups in total. The standard InChI is InChI=1S/C18H14F2N2O2S/c1-11-6-2-4-8-14(11)22-16(23)13(21-18(22)25)10-12-7-3-5-9-15(12)24-17(19)20/h2-10,17H,1H3,(H,21,25)/b13-10+. The van der Waals surface area contributed by atoms with Gasteiger partial charge in [-0.05, 0) is 42.9 Å². The van der Waals surface area contributed by atoms with E-state index in [2.05, 4.69) is 10.1 Å². The van der Waals surface area contributed by atoms with E-state index in [1.54, 1.807) is 24.3 Å². The number of alkyl halides is 2. The number of rotatable bonds is 4. The van der Waals surface area contributed by atoms with Crippen LogP contribution in [0.2, 0.25) is 0 Å². The Hall–Kier alpha value is -2.80. The topological polar surface area (TPSA) is 41.6 Å². The molecular formula is C18H14F2N2O2S. The number of nitrogens with one attached hydrogen (secondary N) is 1. The van der Waals surface area contributed by atoms with Gasteiger partial charge in [-0.1, -0.05) is 36.4 Å². The highest BCUT2D eigenvalue weighted by atomic mass is 32.1. The average Bonchev–Trinajstić information content (AvgIpc) is 2.84. The molecule has 0 bridgehead atoms. The van der Waals surface area contributed by atoms with Crippen LogP contribution in [0.15, 0.2) is 54.2 Å². The molecule has 0 aromatic heterocycles. The number of hydrogen-bond donors (Lipinski definition) is 1. The zero-order chi connectivity index (χ0) is 18.0. The molecule has 1 saturated heterocycles. The first-order valence-electron chi connectivity index (χ1n) is 7.44. The number of amides is 1. The Kier molecular flexibility index (Phi) is 4.76. The number of ether oxygens (including phenoxy) is 1. The monoisotopic (exact) mass is 360 g/mol. The summed E-state index contributed by atoms with van der Waals surface area (Å²) in [5, 5.41) is 3.07. The number of hydrogen-bond acceptors (Lipinski definition) is 3. The van der Waals surface area contributed by atoms with Gasteiger partial charge in [0.25, 0.3) is 5.91 Å². The summed E-state index contributed by atoms with van der Waals surface area (Å²) in [6.45, 7) is -1.07. The second kappa shape index (κ2) is 6.98. The number of nitrogens with zero attached hydrogens (tertiary/aromatic N) is 1. The molecule has 1 aliphatic rings. The van der Waals surface area contributed by atoms with Gasteiger partial charge in [-0.15, -0.1) is 0 Å². The molecule has 7 heteroatoms. The van der Waals surface area contributed by atoms with Crippen molar-refractivity contribution in [2.24, 2.45) is 0 Å². The van der Waals surface area contributed by atoms with Gasteiger partial charge in [-0.25, -0.2) is 0 Å². The Morgan fingerprint density at radius 3 is 2.56 bits per heavy atom. The highest BCUT2D eigenvalue weighted by Crippen LogP contribution is 2.28. The van der Waals surface area contributed by atoms with Gasteiger partial charge in [0.15, 0.2) is 5.11 Å². The SMILES string of the molecule is Cc1ccccc1N1C(=O)/C(=C\c2ccccc2OC(F)F)NC1=S. The molecule has 0 aliphatic carbocycles. The van der Waals surface area contributed by atoms with Crippen LogP contribution in [0.5, 0.6) is 5.75 Å². The van der Waals surface area contributed by atoms with Crippen LogP contribution in [0.3, 0.4) is 0 Å². The number of thiocarbonyl (C=S) groups is 1. The highest BCUT2D eigenvalue weighted by Gasteiger charge is 2.32. The summed E-state index contributed by atoms with van der Waals surface area (Å²) in [6.07, 6.45) is 1.45. The molecule has 0 spiro atoms. The zero-order valence-electron chi connectivity index (χ0n) is 13.2. The van der Waals surface area contributed by atoms with E-state index in [1.165, 1.54) is 17.0 Å². The Bertz CT molecular complexity index is 868. The minimum absolute atomic E-state index is 0.0140. The first-order valence-corrected chi connectivity index (χ1v) is 7.85. The van der Waals surface area contributed by atoms with Crippen molar-refractivity contribution in [1.29, 1.82) is 0 Å². The van der Waals surface area contributed by atoms with Gasteiger partial charge >= 0.3 is 6.61 Å². The lowest BCUT2D eigenvalue weighted by Crippen LogP contribution is -2.30. The van der Waals surface area contributed by atoms with Crippen LogP contribution in [0.4, 0.5) is 14.5 Å². The molecule has 0 radical (unpaired) electrons. The fraction of sp³-hybridized carbons (Fsp3) is 0.111. The van der Waals surface area contributed by atoms with Crippen LogP contribution in [-0.4, -0.2) is 17.6 Å². The number of benzene rings is 2. The quantitative estimate of drug-likeness (QED) is 0.664. The van der Waals surface area contributed by atoms with Crippen molar-refractivity contribution in [3.05, 3.63) is 65.4 Å². The van der Waals surface area contributed by atoms with E-state index in [0.29, 0.717) is 11.3 Å². The summed E-state index contributed by atoms with van der Waals surface area (Å²) in [7, 11) is 0. The van der Waals surface area contributed by atoms with Crippen molar-refractivity contribution in [1.82, 2.24) is 5.32 Å². The van der Waals surface area contributed by atoms with Crippen molar-refractivity contribution in [2.45, 2.75) is 13.5 Å². The average molecular weight is 360 g/mol. The van der Waals surface area contributed by atoms with Gasteiger partial charge < -0.3 is 10.1 Å². The third-order valence-electron chi connectivity index (χ3n) is 3.67. The molecule has 4 nitrogen and oxygen atoms in total. The van der Waals surface area contributed by atoms with Crippen molar-refractivity contribution >= 4 is 35.0 Å². The van der Waals surface area contributed by atoms with E-state index < -0.39 is 6.61 Å². The Labute approximate surface area is 148 Å². The van der Waals surface area contributed by atoms with Crippen LogP contribution >= 0.6 is 12.2 Å². The zero-order valence-corrected chi connectivity index (χ0v) is 14.0. The number of carbonyl (C=O) groups is 1. The lowest BCUT2D eigenvalue weighted by Gasteiger charge is -2.16. The van der Waals surface area contributed by atoms with Gasteiger partial charge in [0, 0.05) is 5.56 Å². The predicted molar refractivity (Wildman–Crippen MR) is 95.4 cm³/mol. The van der Waals surface area contributed by atoms with Gasteiger partial charge in [0.1, 0.15) is 11.4 Å². The fourth-order valence-corrected chi connectivity index (χ4v) is 2.82. The Morgan fingerprint density at radius 1 is 1.16 bits per heavy atom. The van der Waals surface area contributed by atoms with E-state index in [1.807, 2.05) is 25.1 Å². The van der Waals surface area contributed by atoms with E-state index in [9.17, 15) is 13.6 Å². The van der Waals surface area contributed by atoms with Crippen molar-refractivity contribution in [2.75, 3.05) is 4.90 Å². The summed E-state index contributed by atoms with van der Waals surface area (Å²) in [5.41, 5.74) is 2.11. The molecule has 1 heterocycles. The van der Waals surface area contributed by atoms with Crippen molar-refractivity contribution in [3.8, 4) is 5.75 Å². The minimum atomic E-state index is -2.95. The van der Waals surface area contributed by atoms with E-state index in [0.717, 1.165) is 5.56 Å².